The lowest BCUT2D eigenvalue weighted by atomic mass is 9.76. The van der Waals surface area contributed by atoms with Crippen molar-refractivity contribution < 1.29 is 28.3 Å². The lowest BCUT2D eigenvalue weighted by molar-refractivity contribution is -0.137. The van der Waals surface area contributed by atoms with Crippen LogP contribution in [0.15, 0.2) is 83.9 Å². The number of carbonyl (C=O) groups is 4. The van der Waals surface area contributed by atoms with Gasteiger partial charge in [0.25, 0.3) is 0 Å². The molecule has 3 saturated heterocycles. The molecule has 11 nitrogen and oxygen atoms in total. The number of aryl methyl sites for hydroxylation is 3. The molecule has 67 heavy (non-hydrogen) atoms. The van der Waals surface area contributed by atoms with Crippen molar-refractivity contribution in [3.05, 3.63) is 118 Å². The summed E-state index contributed by atoms with van der Waals surface area (Å²) < 4.78 is 20.6. The fourth-order valence-corrected chi connectivity index (χ4v) is 8.76. The van der Waals surface area contributed by atoms with Crippen LogP contribution < -0.4 is 20.9 Å². The zero-order chi connectivity index (χ0) is 49.4. The van der Waals surface area contributed by atoms with E-state index in [0.717, 1.165) is 68.3 Å². The minimum Gasteiger partial charge on any atom is -0.490 e. The third kappa shape index (κ3) is 14.7. The Bertz CT molecular complexity index is 2260. The summed E-state index contributed by atoms with van der Waals surface area (Å²) in [5.41, 5.74) is 9.25. The number of nitrogens with one attached hydrogen (secondary N) is 3. The Labute approximate surface area is 400 Å². The quantitative estimate of drug-likeness (QED) is 0.0888. The number of halogens is 1. The Morgan fingerprint density at radius 3 is 2.22 bits per heavy atom. The summed E-state index contributed by atoms with van der Waals surface area (Å²) in [6.07, 6.45) is 10.2. The third-order valence-electron chi connectivity index (χ3n) is 13.3. The first-order chi connectivity index (χ1) is 32.0. The van der Waals surface area contributed by atoms with Crippen molar-refractivity contribution in [3.8, 4) is 0 Å². The zero-order valence-corrected chi connectivity index (χ0v) is 42.2. The van der Waals surface area contributed by atoms with Crippen LogP contribution in [0, 0.1) is 30.5 Å². The molecule has 0 saturated carbocycles. The number of ether oxygens (including phenoxy) is 1. The molecule has 0 bridgehead atoms. The van der Waals surface area contributed by atoms with Gasteiger partial charge in [0, 0.05) is 66.9 Å². The fourth-order valence-electron chi connectivity index (χ4n) is 8.76. The first kappa shape index (κ1) is 54.0. The predicted octanol–water partition coefficient (Wildman–Crippen LogP) is 10.9. The van der Waals surface area contributed by atoms with Gasteiger partial charge in [0.05, 0.1) is 11.4 Å². The maximum Gasteiger partial charge on any atom is 0.229 e. The topological polar surface area (TPSA) is 133 Å². The highest BCUT2D eigenvalue weighted by Crippen LogP contribution is 2.34. The number of imide groups is 1. The average molecular weight is 921 g/mol. The molecule has 0 aliphatic carbocycles. The van der Waals surface area contributed by atoms with Crippen LogP contribution in [0.1, 0.15) is 139 Å². The van der Waals surface area contributed by atoms with E-state index in [4.69, 9.17) is 4.74 Å². The number of allylic oxidation sites excluding steroid dienone is 3. The number of benzene rings is 2. The number of morpholine rings is 1. The molecular weight excluding hydrogens is 844 g/mol. The van der Waals surface area contributed by atoms with Crippen LogP contribution in [-0.4, -0.2) is 78.6 Å². The van der Waals surface area contributed by atoms with E-state index in [0.29, 0.717) is 37.8 Å². The van der Waals surface area contributed by atoms with Crippen molar-refractivity contribution in [1.82, 2.24) is 20.5 Å². The van der Waals surface area contributed by atoms with Gasteiger partial charge < -0.3 is 20.3 Å². The Kier molecular flexibility index (Phi) is 21.0. The van der Waals surface area contributed by atoms with Crippen LogP contribution in [-0.2, 0) is 27.2 Å². The second kappa shape index (κ2) is 26.1. The number of pyridine rings is 1. The first-order valence-electron chi connectivity index (χ1n) is 24.4. The van der Waals surface area contributed by atoms with Gasteiger partial charge >= 0.3 is 0 Å². The SMILES string of the molecule is C=C1OCCN/C1=C(C)/C(C)=C\C.CCCN(CCC)C1CN(c2cc(C(C)=O)c(C(=O)C(C)C(C)C3CCC(=O)NC3=O)cc2F)C1.CCCc1cnc(Nc2ccc(C)cc2)cc1CC. The van der Waals surface area contributed by atoms with Crippen molar-refractivity contribution in [2.75, 3.05) is 49.5 Å². The minimum absolute atomic E-state index is 0.0565. The number of aromatic nitrogens is 1. The molecule has 3 aromatic rings. The molecule has 3 aliphatic heterocycles. The van der Waals surface area contributed by atoms with E-state index < -0.39 is 17.7 Å². The van der Waals surface area contributed by atoms with Crippen molar-refractivity contribution in [2.45, 2.75) is 127 Å². The molecule has 2 aromatic carbocycles. The molecule has 3 fully saturated rings. The van der Waals surface area contributed by atoms with E-state index in [9.17, 15) is 19.2 Å². The van der Waals surface area contributed by atoms with E-state index in [-0.39, 0.29) is 46.8 Å². The molecule has 0 radical (unpaired) electrons. The average Bonchev–Trinajstić information content (AvgIpc) is 3.29. The van der Waals surface area contributed by atoms with Crippen molar-refractivity contribution >= 4 is 40.6 Å². The number of nitrogens with zero attached hydrogens (tertiary/aromatic N) is 3. The summed E-state index contributed by atoms with van der Waals surface area (Å²) in [5, 5.41) is 8.99. The molecule has 364 valence electrons. The number of rotatable bonds is 17. The normalized spacial score (nSPS) is 17.9. The van der Waals surface area contributed by atoms with Gasteiger partial charge in [-0.1, -0.05) is 83.9 Å². The molecule has 3 unspecified atom stereocenters. The number of Topliss-reactive ketones (excluding diaryl/α,β-unsaturated/α-hetero) is 2. The van der Waals surface area contributed by atoms with Gasteiger partial charge in [-0.3, -0.25) is 29.4 Å². The number of hydrogen-bond acceptors (Lipinski definition) is 10. The molecular formula is C55H77FN6O5. The minimum atomic E-state index is -0.618. The Morgan fingerprint density at radius 2 is 1.66 bits per heavy atom. The highest BCUT2D eigenvalue weighted by atomic mass is 19.1. The zero-order valence-electron chi connectivity index (χ0n) is 42.2. The van der Waals surface area contributed by atoms with Crippen LogP contribution in [0.5, 0.6) is 0 Å². The first-order valence-corrected chi connectivity index (χ1v) is 24.4. The molecule has 3 atom stereocenters. The van der Waals surface area contributed by atoms with Gasteiger partial charge in [-0.15, -0.1) is 0 Å². The Hall–Kier alpha value is -5.62. The van der Waals surface area contributed by atoms with Crippen LogP contribution >= 0.6 is 0 Å². The molecule has 12 heteroatoms. The third-order valence-corrected chi connectivity index (χ3v) is 13.3. The van der Waals surface area contributed by atoms with Crippen molar-refractivity contribution in [1.29, 1.82) is 0 Å². The summed E-state index contributed by atoms with van der Waals surface area (Å²) in [7, 11) is 0. The van der Waals surface area contributed by atoms with Gasteiger partial charge in [-0.05, 0) is 133 Å². The Balaban J connectivity index is 0.000000254. The van der Waals surface area contributed by atoms with Crippen molar-refractivity contribution in [2.24, 2.45) is 17.8 Å². The van der Waals surface area contributed by atoms with Gasteiger partial charge in [-0.25, -0.2) is 9.37 Å². The smallest absolute Gasteiger partial charge is 0.229 e. The number of hydrogen-bond donors (Lipinski definition) is 3. The molecule has 1 aromatic heterocycles. The van der Waals surface area contributed by atoms with Crippen molar-refractivity contribution in [3.63, 3.8) is 0 Å². The highest BCUT2D eigenvalue weighted by Gasteiger charge is 2.38. The summed E-state index contributed by atoms with van der Waals surface area (Å²) in [6, 6.07) is 13.6. The van der Waals surface area contributed by atoms with Crippen LogP contribution in [0.3, 0.4) is 0 Å². The number of anilines is 3. The van der Waals surface area contributed by atoms with Gasteiger partial charge in [0.2, 0.25) is 11.8 Å². The lowest BCUT2D eigenvalue weighted by Crippen LogP contribution is -2.60. The van der Waals surface area contributed by atoms with E-state index >= 15 is 4.39 Å². The largest absolute Gasteiger partial charge is 0.490 e. The van der Waals surface area contributed by atoms with Crippen LogP contribution in [0.25, 0.3) is 0 Å². The number of piperidine rings is 1. The maximum absolute atomic E-state index is 15.3. The summed E-state index contributed by atoms with van der Waals surface area (Å²) >= 11 is 0. The van der Waals surface area contributed by atoms with Gasteiger partial charge in [-0.2, -0.15) is 0 Å². The summed E-state index contributed by atoms with van der Waals surface area (Å²) in [5.74, 6) is -1.65. The van der Waals surface area contributed by atoms with E-state index in [1.807, 2.05) is 18.0 Å². The monoisotopic (exact) mass is 921 g/mol. The summed E-state index contributed by atoms with van der Waals surface area (Å²) in [6.45, 7) is 30.7. The second-order valence-electron chi connectivity index (χ2n) is 18.2. The lowest BCUT2D eigenvalue weighted by Gasteiger charge is -2.47. The highest BCUT2D eigenvalue weighted by molar-refractivity contribution is 6.10. The Morgan fingerprint density at radius 1 is 0.985 bits per heavy atom. The molecule has 0 spiro atoms. The predicted molar refractivity (Wildman–Crippen MR) is 270 cm³/mol. The van der Waals surface area contributed by atoms with Crippen LogP contribution in [0.2, 0.25) is 0 Å². The number of amides is 2. The fraction of sp³-hybridized carbons (Fsp3) is 0.509. The summed E-state index contributed by atoms with van der Waals surface area (Å²) in [4.78, 5) is 58.5. The molecule has 3 N–H and O–H groups in total. The standard InChI is InChI=1S/C27H38FN3O4.C17H22N2.C11H17NO/c1-6-10-30(11-7-2)19-14-31(15-19)24-13-21(18(5)32)22(12-23(24)28)26(34)17(4)16(3)20-8-9-25(33)29-27(20)35;1-4-6-15-12-18-17(11-14(15)5-2)19-16-9-7-13(3)8-10-16;1-5-8(2)9(3)11-10(4)13-7-6-12-11/h12-13,16-17,19-20H,6-11,14-15H2,1-5H3,(H,29,33,35);7-12H,4-6H2,1-3H3,(H,18,19);5,12H,4,6-7H2,1-3H3/b;;8-5-,11-9+. The molecule has 4 heterocycles. The maximum atomic E-state index is 15.3. The van der Waals surface area contributed by atoms with Gasteiger partial charge in [0.1, 0.15) is 24.0 Å². The van der Waals surface area contributed by atoms with E-state index in [2.05, 4.69) is 117 Å². The molecule has 2 amide bonds. The second-order valence-corrected chi connectivity index (χ2v) is 18.2. The van der Waals surface area contributed by atoms with E-state index in [1.54, 1.807) is 13.8 Å². The van der Waals surface area contributed by atoms with E-state index in [1.165, 1.54) is 53.3 Å². The molecule has 6 rings (SSSR count). The van der Waals surface area contributed by atoms with Gasteiger partial charge in [0.15, 0.2) is 11.6 Å². The molecule has 3 aliphatic rings. The number of ketones is 2. The number of carbonyl (C=O) groups excluding carboxylic acids is 4. The van der Waals surface area contributed by atoms with Crippen LogP contribution in [0.4, 0.5) is 21.6 Å².